The lowest BCUT2D eigenvalue weighted by Gasteiger charge is -2.19. The molecule has 0 saturated heterocycles. The molecular formula is C22H32N10O7. The highest BCUT2D eigenvalue weighted by molar-refractivity contribution is 5.90. The Labute approximate surface area is 222 Å². The van der Waals surface area contributed by atoms with Crippen LogP contribution in [0.1, 0.15) is 24.2 Å². The Bertz CT molecular complexity index is 1100. The van der Waals surface area contributed by atoms with Gasteiger partial charge >= 0.3 is 5.97 Å². The van der Waals surface area contributed by atoms with Crippen molar-refractivity contribution in [2.75, 3.05) is 26.2 Å². The maximum absolute atomic E-state index is 12.8. The first kappa shape index (κ1) is 30.4. The monoisotopic (exact) mass is 548 g/mol. The number of nitrogens with zero attached hydrogens (tertiary/aromatic N) is 2. The van der Waals surface area contributed by atoms with E-state index in [2.05, 4.69) is 46.5 Å². The molecule has 0 radical (unpaired) electrons. The van der Waals surface area contributed by atoms with Gasteiger partial charge in [0, 0.05) is 51.2 Å². The highest BCUT2D eigenvalue weighted by Crippen LogP contribution is 2.02. The third-order valence-electron chi connectivity index (χ3n) is 5.16. The normalized spacial score (nSPS) is 12.0. The van der Waals surface area contributed by atoms with E-state index in [1.54, 1.807) is 6.20 Å². The Morgan fingerprint density at radius 1 is 0.769 bits per heavy atom. The van der Waals surface area contributed by atoms with Crippen LogP contribution in [0, 0.1) is 0 Å². The molecular weight excluding hydrogens is 516 g/mol. The van der Waals surface area contributed by atoms with Crippen molar-refractivity contribution < 1.29 is 33.9 Å². The fraction of sp³-hybridized carbons (Fsp3) is 0.455. The maximum atomic E-state index is 12.8. The zero-order valence-corrected chi connectivity index (χ0v) is 21.0. The molecule has 0 fully saturated rings. The summed E-state index contributed by atoms with van der Waals surface area (Å²) in [6.07, 6.45) is 5.70. The molecule has 2 heterocycles. The van der Waals surface area contributed by atoms with Gasteiger partial charge in [-0.3, -0.25) is 28.8 Å². The first-order valence-corrected chi connectivity index (χ1v) is 12.0. The number of aliphatic carboxylic acids is 1. The Morgan fingerprint density at radius 2 is 1.26 bits per heavy atom. The molecule has 2 atom stereocenters. The lowest BCUT2D eigenvalue weighted by molar-refractivity contribution is -0.138. The van der Waals surface area contributed by atoms with E-state index in [1.165, 1.54) is 18.9 Å². The summed E-state index contributed by atoms with van der Waals surface area (Å²) in [5, 5.41) is 21.1. The summed E-state index contributed by atoms with van der Waals surface area (Å²) >= 11 is 0. The van der Waals surface area contributed by atoms with Crippen LogP contribution in [0.15, 0.2) is 25.0 Å². The summed E-state index contributed by atoms with van der Waals surface area (Å²) in [4.78, 5) is 85.5. The lowest BCUT2D eigenvalue weighted by Crippen LogP contribution is -2.51. The van der Waals surface area contributed by atoms with E-state index in [-0.39, 0.29) is 45.3 Å². The van der Waals surface area contributed by atoms with Gasteiger partial charge in [-0.15, -0.1) is 0 Å². The van der Waals surface area contributed by atoms with E-state index in [0.29, 0.717) is 11.4 Å². The second kappa shape index (κ2) is 16.1. The predicted molar refractivity (Wildman–Crippen MR) is 133 cm³/mol. The first-order chi connectivity index (χ1) is 18.7. The number of imidazole rings is 2. The third kappa shape index (κ3) is 11.9. The number of amides is 5. The predicted octanol–water partition coefficient (Wildman–Crippen LogP) is -3.94. The van der Waals surface area contributed by atoms with E-state index in [0.717, 1.165) is 0 Å². The number of aromatic nitrogens is 4. The van der Waals surface area contributed by atoms with Gasteiger partial charge in [-0.2, -0.15) is 0 Å². The topological polar surface area (TPSA) is 266 Å². The molecule has 2 aromatic rings. The zero-order chi connectivity index (χ0) is 28.6. The van der Waals surface area contributed by atoms with Gasteiger partial charge in [0.05, 0.1) is 30.6 Å². The molecule has 2 rings (SSSR count). The zero-order valence-electron chi connectivity index (χ0n) is 21.0. The fourth-order valence-electron chi connectivity index (χ4n) is 3.27. The number of hydrogen-bond donors (Lipinski definition) is 9. The highest BCUT2D eigenvalue weighted by Gasteiger charge is 2.24. The minimum absolute atomic E-state index is 0.0105. The standard InChI is InChI=1S/C22H32N10O7/c23-7-19(35)26-3-1-17(33)31-15(5-13-8-24-11-29-13)21(38)27-4-2-18(34)32-16(6-14-9-25-12-30-14)22(39)28-10-20(36)37/h8-9,11-12,15-16H,1-7,10,23H2,(H,24,29)(H,25,30)(H,26,35)(H,27,38)(H,28,39)(H,31,33)(H,32,34)(H,36,37)/t15-,16-/m0/s1. The van der Waals surface area contributed by atoms with Gasteiger partial charge in [0.2, 0.25) is 29.5 Å². The van der Waals surface area contributed by atoms with Crippen LogP contribution in [0.4, 0.5) is 0 Å². The smallest absolute Gasteiger partial charge is 0.322 e. The molecule has 17 heteroatoms. The Morgan fingerprint density at radius 3 is 1.69 bits per heavy atom. The summed E-state index contributed by atoms with van der Waals surface area (Å²) < 4.78 is 0. The van der Waals surface area contributed by atoms with Gasteiger partial charge in [-0.1, -0.05) is 0 Å². The molecule has 0 aromatic carbocycles. The summed E-state index contributed by atoms with van der Waals surface area (Å²) in [6, 6.07) is -2.11. The number of carbonyl (C=O) groups excluding carboxylic acids is 5. The van der Waals surface area contributed by atoms with Gasteiger partial charge in [0.15, 0.2) is 0 Å². The van der Waals surface area contributed by atoms with Crippen LogP contribution in [0.25, 0.3) is 0 Å². The molecule has 0 spiro atoms. The van der Waals surface area contributed by atoms with Gasteiger partial charge in [0.1, 0.15) is 18.6 Å². The van der Waals surface area contributed by atoms with E-state index in [4.69, 9.17) is 10.8 Å². The number of H-pyrrole nitrogens is 2. The molecule has 0 saturated carbocycles. The average molecular weight is 549 g/mol. The quantitative estimate of drug-likeness (QED) is 0.0926. The minimum Gasteiger partial charge on any atom is -0.480 e. The summed E-state index contributed by atoms with van der Waals surface area (Å²) in [5.74, 6) is -4.01. The number of nitrogens with one attached hydrogen (secondary N) is 7. The average Bonchev–Trinajstić information content (AvgIpc) is 3.60. The Kier molecular flexibility index (Phi) is 12.6. The van der Waals surface area contributed by atoms with Crippen molar-refractivity contribution in [2.45, 2.75) is 37.8 Å². The van der Waals surface area contributed by atoms with Crippen LogP contribution in [-0.2, 0) is 41.6 Å². The highest BCUT2D eigenvalue weighted by atomic mass is 16.4. The second-order valence-corrected chi connectivity index (χ2v) is 8.23. The second-order valence-electron chi connectivity index (χ2n) is 8.23. The molecule has 17 nitrogen and oxygen atoms in total. The molecule has 2 aromatic heterocycles. The van der Waals surface area contributed by atoms with Crippen LogP contribution in [-0.4, -0.2) is 98.8 Å². The van der Waals surface area contributed by atoms with Crippen LogP contribution in [0.2, 0.25) is 0 Å². The van der Waals surface area contributed by atoms with Crippen LogP contribution < -0.4 is 32.3 Å². The summed E-state index contributed by atoms with van der Waals surface area (Å²) in [7, 11) is 0. The number of carboxylic acids is 1. The summed E-state index contributed by atoms with van der Waals surface area (Å²) in [6.45, 7) is -0.908. The van der Waals surface area contributed by atoms with Gasteiger partial charge < -0.3 is 47.4 Å². The van der Waals surface area contributed by atoms with Gasteiger partial charge in [0.25, 0.3) is 0 Å². The van der Waals surface area contributed by atoms with E-state index in [1.807, 2.05) is 0 Å². The van der Waals surface area contributed by atoms with Crippen molar-refractivity contribution in [3.63, 3.8) is 0 Å². The first-order valence-electron chi connectivity index (χ1n) is 12.0. The molecule has 0 aliphatic rings. The SMILES string of the molecule is NCC(=O)NCCC(=O)N[C@@H](Cc1c[nH]cn1)C(=O)NCCC(=O)N[C@@H](Cc1c[nH]cn1)C(=O)NCC(=O)O. The van der Waals surface area contributed by atoms with Gasteiger partial charge in [-0.05, 0) is 0 Å². The number of carboxylic acid groups (broad SMARTS) is 1. The molecule has 0 aliphatic heterocycles. The van der Waals surface area contributed by atoms with E-state index >= 15 is 0 Å². The molecule has 0 unspecified atom stereocenters. The number of carbonyl (C=O) groups is 6. The van der Waals surface area contributed by atoms with E-state index < -0.39 is 54.1 Å². The largest absolute Gasteiger partial charge is 0.480 e. The number of rotatable bonds is 17. The number of hydrogen-bond acceptors (Lipinski definition) is 9. The van der Waals surface area contributed by atoms with Crippen molar-refractivity contribution in [1.29, 1.82) is 0 Å². The minimum atomic E-state index is -1.24. The molecule has 10 N–H and O–H groups in total. The van der Waals surface area contributed by atoms with Crippen molar-refractivity contribution >= 4 is 35.5 Å². The molecule has 0 aliphatic carbocycles. The maximum Gasteiger partial charge on any atom is 0.322 e. The van der Waals surface area contributed by atoms with Crippen LogP contribution in [0.3, 0.4) is 0 Å². The van der Waals surface area contributed by atoms with E-state index in [9.17, 15) is 28.8 Å². The molecule has 0 bridgehead atoms. The molecule has 5 amide bonds. The van der Waals surface area contributed by atoms with Crippen molar-refractivity contribution in [3.8, 4) is 0 Å². The number of nitrogens with two attached hydrogens (primary N) is 1. The Balaban J connectivity index is 1.89. The molecule has 212 valence electrons. The molecule has 39 heavy (non-hydrogen) atoms. The van der Waals surface area contributed by atoms with Crippen LogP contribution >= 0.6 is 0 Å². The summed E-state index contributed by atoms with van der Waals surface area (Å²) in [5.41, 5.74) is 6.18. The van der Waals surface area contributed by atoms with Gasteiger partial charge in [-0.25, -0.2) is 9.97 Å². The van der Waals surface area contributed by atoms with Crippen molar-refractivity contribution in [1.82, 2.24) is 46.5 Å². The van der Waals surface area contributed by atoms with Crippen molar-refractivity contribution in [2.24, 2.45) is 5.73 Å². The van der Waals surface area contributed by atoms with Crippen LogP contribution in [0.5, 0.6) is 0 Å². The third-order valence-corrected chi connectivity index (χ3v) is 5.16. The lowest BCUT2D eigenvalue weighted by atomic mass is 10.1. The number of aromatic amines is 2. The fourth-order valence-corrected chi connectivity index (χ4v) is 3.27. The Hall–Kier alpha value is -4.80. The van der Waals surface area contributed by atoms with Crippen molar-refractivity contribution in [3.05, 3.63) is 36.4 Å².